The summed E-state index contributed by atoms with van der Waals surface area (Å²) in [6.07, 6.45) is 6.79. The molecular formula is C33H40N2O5. The number of ether oxygens (including phenoxy) is 2. The number of esters is 1. The molecule has 40 heavy (non-hydrogen) atoms. The van der Waals surface area contributed by atoms with Gasteiger partial charge in [-0.05, 0) is 73.6 Å². The minimum atomic E-state index is -0.352. The first-order valence-electron chi connectivity index (χ1n) is 14.8. The number of Topliss-reactive ketones (excluding diaryl/α,β-unsaturated/α-hetero) is 1. The molecule has 5 fully saturated rings. The molecule has 1 aliphatic heterocycles. The molecule has 1 heterocycles. The third kappa shape index (κ3) is 5.40. The second-order valence-electron chi connectivity index (χ2n) is 12.4. The highest BCUT2D eigenvalue weighted by molar-refractivity contribution is 5.90. The van der Waals surface area contributed by atoms with Gasteiger partial charge in [-0.3, -0.25) is 14.5 Å². The van der Waals surface area contributed by atoms with Gasteiger partial charge >= 0.3 is 5.97 Å². The Morgan fingerprint density at radius 3 is 2.27 bits per heavy atom. The van der Waals surface area contributed by atoms with Crippen molar-refractivity contribution in [2.45, 2.75) is 58.1 Å². The number of carbonyl (C=O) groups excluding carboxylic acids is 3. The highest BCUT2D eigenvalue weighted by atomic mass is 16.5. The zero-order valence-corrected chi connectivity index (χ0v) is 23.5. The number of piperazine rings is 1. The molecule has 7 rings (SSSR count). The molecule has 4 bridgehead atoms. The standard InChI is InChI=1S/C33H40N2O5/c1-39-32(38)26-8-6-23(7-9-26)22-40-29-5-3-2-4-27(29)21-34-12-14-35(15-13-34)31(37)11-10-30(36)33-19-24-16-25(20-33)18-28(33)17-24/h2-9,24-25,28H,10-22H2,1H3. The van der Waals surface area contributed by atoms with Crippen molar-refractivity contribution in [3.63, 3.8) is 0 Å². The first-order chi connectivity index (χ1) is 19.4. The maximum atomic E-state index is 13.3. The molecule has 2 atom stereocenters. The normalized spacial score (nSPS) is 27.1. The molecule has 0 N–H and O–H groups in total. The molecule has 4 aliphatic carbocycles. The maximum absolute atomic E-state index is 13.3. The van der Waals surface area contributed by atoms with E-state index < -0.39 is 0 Å². The fourth-order valence-electron chi connectivity index (χ4n) is 8.07. The van der Waals surface area contributed by atoms with Gasteiger partial charge in [0.05, 0.1) is 12.7 Å². The van der Waals surface area contributed by atoms with Crippen molar-refractivity contribution in [1.29, 1.82) is 0 Å². The van der Waals surface area contributed by atoms with Crippen LogP contribution in [0.4, 0.5) is 0 Å². The minimum absolute atomic E-state index is 0.0749. The Bertz CT molecular complexity index is 1240. The number of amides is 1. The van der Waals surface area contributed by atoms with Crippen LogP contribution < -0.4 is 4.74 Å². The van der Waals surface area contributed by atoms with Gasteiger partial charge in [-0.15, -0.1) is 0 Å². The Labute approximate surface area is 236 Å². The van der Waals surface area contributed by atoms with Crippen LogP contribution in [0.3, 0.4) is 0 Å². The molecule has 0 aromatic heterocycles. The van der Waals surface area contributed by atoms with Gasteiger partial charge in [0.25, 0.3) is 0 Å². The third-order valence-electron chi connectivity index (χ3n) is 9.97. The predicted molar refractivity (Wildman–Crippen MR) is 151 cm³/mol. The molecule has 2 aromatic rings. The number of hydrogen-bond acceptors (Lipinski definition) is 6. The molecule has 2 unspecified atom stereocenters. The van der Waals surface area contributed by atoms with Gasteiger partial charge in [0, 0.05) is 56.5 Å². The van der Waals surface area contributed by atoms with Crippen LogP contribution in [0.5, 0.6) is 5.75 Å². The monoisotopic (exact) mass is 544 g/mol. The van der Waals surface area contributed by atoms with E-state index in [4.69, 9.17) is 9.47 Å². The zero-order chi connectivity index (χ0) is 27.7. The third-order valence-corrected chi connectivity index (χ3v) is 9.97. The van der Waals surface area contributed by atoms with Crippen molar-refractivity contribution in [2.75, 3.05) is 33.3 Å². The first kappa shape index (κ1) is 27.0. The first-order valence-corrected chi connectivity index (χ1v) is 14.8. The van der Waals surface area contributed by atoms with Gasteiger partial charge in [0.15, 0.2) is 0 Å². The minimum Gasteiger partial charge on any atom is -0.489 e. The lowest BCUT2D eigenvalue weighted by Crippen LogP contribution is -2.48. The quantitative estimate of drug-likeness (QED) is 0.397. The SMILES string of the molecule is COC(=O)c1ccc(COc2ccccc2CN2CCN(C(=O)CCC(=O)C34CC5CC(CC3C5)C4)CC2)cc1. The Hall–Kier alpha value is -3.19. The second-order valence-corrected chi connectivity index (χ2v) is 12.4. The molecule has 0 radical (unpaired) electrons. The van der Waals surface area contributed by atoms with Crippen LogP contribution in [0.2, 0.25) is 0 Å². The number of rotatable bonds is 10. The molecule has 5 aliphatic rings. The van der Waals surface area contributed by atoms with E-state index in [0.717, 1.165) is 61.2 Å². The van der Waals surface area contributed by atoms with Crippen molar-refractivity contribution < 1.29 is 23.9 Å². The molecule has 0 spiro atoms. The van der Waals surface area contributed by atoms with E-state index in [1.54, 1.807) is 12.1 Å². The Kier molecular flexibility index (Phi) is 7.67. The summed E-state index contributed by atoms with van der Waals surface area (Å²) in [7, 11) is 1.37. The summed E-state index contributed by atoms with van der Waals surface area (Å²) in [5.74, 6) is 3.12. The van der Waals surface area contributed by atoms with Gasteiger partial charge in [0.1, 0.15) is 18.1 Å². The summed E-state index contributed by atoms with van der Waals surface area (Å²) >= 11 is 0. The Morgan fingerprint density at radius 2 is 1.57 bits per heavy atom. The van der Waals surface area contributed by atoms with Crippen LogP contribution in [0.25, 0.3) is 0 Å². The van der Waals surface area contributed by atoms with Crippen molar-refractivity contribution >= 4 is 17.7 Å². The largest absolute Gasteiger partial charge is 0.489 e. The van der Waals surface area contributed by atoms with Crippen LogP contribution in [0, 0.1) is 23.2 Å². The molecule has 2 aromatic carbocycles. The van der Waals surface area contributed by atoms with Crippen molar-refractivity contribution in [3.05, 3.63) is 65.2 Å². The van der Waals surface area contributed by atoms with Crippen LogP contribution >= 0.6 is 0 Å². The van der Waals surface area contributed by atoms with Gasteiger partial charge in [0.2, 0.25) is 5.91 Å². The number of carbonyl (C=O) groups is 3. The molecule has 7 heteroatoms. The molecule has 7 nitrogen and oxygen atoms in total. The van der Waals surface area contributed by atoms with Crippen LogP contribution in [-0.4, -0.2) is 60.7 Å². The number of hydrogen-bond donors (Lipinski definition) is 0. The summed E-state index contributed by atoms with van der Waals surface area (Å²) in [5.41, 5.74) is 2.53. The molecule has 4 saturated carbocycles. The van der Waals surface area contributed by atoms with Crippen LogP contribution in [0.1, 0.15) is 66.4 Å². The molecule has 212 valence electrons. The molecule has 1 amide bonds. The highest BCUT2D eigenvalue weighted by Crippen LogP contribution is 2.66. The topological polar surface area (TPSA) is 76.2 Å². The molecule has 1 saturated heterocycles. The van der Waals surface area contributed by atoms with E-state index in [2.05, 4.69) is 11.0 Å². The van der Waals surface area contributed by atoms with Gasteiger partial charge in [-0.2, -0.15) is 0 Å². The summed E-state index contributed by atoms with van der Waals surface area (Å²) in [5, 5.41) is 0. The van der Waals surface area contributed by atoms with Crippen molar-refractivity contribution in [2.24, 2.45) is 23.2 Å². The van der Waals surface area contributed by atoms with Gasteiger partial charge in [-0.25, -0.2) is 4.79 Å². The van der Waals surface area contributed by atoms with Gasteiger partial charge in [-0.1, -0.05) is 30.3 Å². The van der Waals surface area contributed by atoms with E-state index in [1.165, 1.54) is 26.4 Å². The van der Waals surface area contributed by atoms with E-state index in [-0.39, 0.29) is 17.3 Å². The predicted octanol–water partition coefficient (Wildman–Crippen LogP) is 4.87. The van der Waals surface area contributed by atoms with Crippen molar-refractivity contribution in [3.8, 4) is 5.75 Å². The number of ketones is 1. The van der Waals surface area contributed by atoms with Crippen molar-refractivity contribution in [1.82, 2.24) is 9.80 Å². The van der Waals surface area contributed by atoms with E-state index in [1.807, 2.05) is 35.2 Å². The lowest BCUT2D eigenvalue weighted by molar-refractivity contribution is -0.137. The maximum Gasteiger partial charge on any atom is 0.337 e. The average Bonchev–Trinajstić information content (AvgIpc) is 3.39. The fourth-order valence-corrected chi connectivity index (χ4v) is 8.07. The summed E-state index contributed by atoms with van der Waals surface area (Å²) in [6, 6.07) is 15.3. The van der Waals surface area contributed by atoms with Crippen LogP contribution in [-0.2, 0) is 27.5 Å². The Balaban J connectivity index is 0.963. The lowest BCUT2D eigenvalue weighted by Gasteiger charge is -2.35. The zero-order valence-electron chi connectivity index (χ0n) is 23.5. The number of methoxy groups -OCH3 is 1. The lowest BCUT2D eigenvalue weighted by atomic mass is 9.71. The van der Waals surface area contributed by atoms with E-state index in [0.29, 0.717) is 49.8 Å². The second kappa shape index (κ2) is 11.4. The smallest absolute Gasteiger partial charge is 0.337 e. The van der Waals surface area contributed by atoms with Crippen LogP contribution in [0.15, 0.2) is 48.5 Å². The average molecular weight is 545 g/mol. The summed E-state index contributed by atoms with van der Waals surface area (Å²) in [6.45, 7) is 4.16. The number of nitrogens with zero attached hydrogens (tertiary/aromatic N) is 2. The van der Waals surface area contributed by atoms with E-state index >= 15 is 0 Å². The number of para-hydroxylation sites is 1. The summed E-state index contributed by atoms with van der Waals surface area (Å²) < 4.78 is 10.9. The Morgan fingerprint density at radius 1 is 0.875 bits per heavy atom. The van der Waals surface area contributed by atoms with E-state index in [9.17, 15) is 14.4 Å². The molecular weight excluding hydrogens is 504 g/mol. The fraction of sp³-hybridized carbons (Fsp3) is 0.545. The van der Waals surface area contributed by atoms with Gasteiger partial charge < -0.3 is 14.4 Å². The highest BCUT2D eigenvalue weighted by Gasteiger charge is 2.60. The summed E-state index contributed by atoms with van der Waals surface area (Å²) in [4.78, 5) is 42.2. The number of benzene rings is 2.